The molecule has 0 aliphatic rings. The number of anilines is 1. The number of carbonyl (C=O) groups excluding carboxylic acids is 2. The van der Waals surface area contributed by atoms with Crippen LogP contribution in [0, 0.1) is 0 Å². The first-order valence-corrected chi connectivity index (χ1v) is 10.0. The van der Waals surface area contributed by atoms with Gasteiger partial charge in [0.05, 0.1) is 20.8 Å². The van der Waals surface area contributed by atoms with Crippen molar-refractivity contribution in [3.05, 3.63) is 89.7 Å². The molecule has 0 fully saturated rings. The monoisotopic (exact) mass is 434 g/mol. The quantitative estimate of drug-likeness (QED) is 0.501. The lowest BCUT2D eigenvalue weighted by molar-refractivity contribution is -0.179. The van der Waals surface area contributed by atoms with E-state index in [1.54, 1.807) is 55.9 Å². The molecule has 3 rings (SSSR count). The second-order valence-electron chi connectivity index (χ2n) is 7.08. The molecule has 0 saturated carbocycles. The van der Waals surface area contributed by atoms with Crippen LogP contribution in [0.4, 0.5) is 5.69 Å². The zero-order valence-electron chi connectivity index (χ0n) is 18.0. The van der Waals surface area contributed by atoms with Crippen molar-refractivity contribution >= 4 is 17.5 Å². The highest BCUT2D eigenvalue weighted by Crippen LogP contribution is 2.19. The Morgan fingerprint density at radius 1 is 1.00 bits per heavy atom. The largest absolute Gasteiger partial charge is 0.497 e. The summed E-state index contributed by atoms with van der Waals surface area (Å²) in [5.41, 5.74) is 9.04. The summed E-state index contributed by atoms with van der Waals surface area (Å²) >= 11 is 0. The highest BCUT2D eigenvalue weighted by atomic mass is 16.7. The van der Waals surface area contributed by atoms with E-state index in [-0.39, 0.29) is 18.2 Å². The summed E-state index contributed by atoms with van der Waals surface area (Å²) in [6, 6.07) is 17.1. The molecule has 2 amide bonds. The van der Waals surface area contributed by atoms with Crippen molar-refractivity contribution in [2.24, 2.45) is 5.73 Å². The maximum Gasteiger partial charge on any atom is 0.255 e. The van der Waals surface area contributed by atoms with Gasteiger partial charge in [-0.25, -0.2) is 5.06 Å². The molecule has 32 heavy (non-hydrogen) atoms. The van der Waals surface area contributed by atoms with Crippen molar-refractivity contribution in [2.75, 3.05) is 19.5 Å². The molecule has 3 N–H and O–H groups in total. The zero-order chi connectivity index (χ0) is 22.9. The van der Waals surface area contributed by atoms with E-state index >= 15 is 0 Å². The van der Waals surface area contributed by atoms with E-state index in [0.717, 1.165) is 16.9 Å². The smallest absolute Gasteiger partial charge is 0.255 e. The lowest BCUT2D eigenvalue weighted by Crippen LogP contribution is -2.32. The van der Waals surface area contributed by atoms with Gasteiger partial charge in [0.15, 0.2) is 0 Å². The average Bonchev–Trinajstić information content (AvgIpc) is 2.83. The first-order chi connectivity index (χ1) is 15.5. The van der Waals surface area contributed by atoms with Crippen LogP contribution in [0.1, 0.15) is 33.9 Å². The van der Waals surface area contributed by atoms with E-state index in [1.165, 1.54) is 12.2 Å². The van der Waals surface area contributed by atoms with Gasteiger partial charge in [0, 0.05) is 36.1 Å². The van der Waals surface area contributed by atoms with Gasteiger partial charge in [0.1, 0.15) is 5.75 Å². The van der Waals surface area contributed by atoms with Crippen molar-refractivity contribution in [1.29, 1.82) is 0 Å². The van der Waals surface area contributed by atoms with Crippen molar-refractivity contribution < 1.29 is 19.2 Å². The number of nitrogens with two attached hydrogens (primary N) is 1. The van der Waals surface area contributed by atoms with Crippen LogP contribution in [0.5, 0.6) is 5.75 Å². The Morgan fingerprint density at radius 3 is 2.25 bits per heavy atom. The third kappa shape index (κ3) is 6.13. The number of hydroxylamine groups is 2. The Balaban J connectivity index is 1.58. The van der Waals surface area contributed by atoms with E-state index in [2.05, 4.69) is 10.3 Å². The lowest BCUT2D eigenvalue weighted by Gasteiger charge is -2.22. The first kappa shape index (κ1) is 22.9. The molecule has 8 heteroatoms. The SMILES string of the molecule is COc1ccc(CN(OC)C(=O)CC(N)c2ccc(C(=O)Nc3ccncc3)cc2)cc1. The molecule has 1 unspecified atom stereocenters. The van der Waals surface area contributed by atoms with Crippen LogP contribution in [0.25, 0.3) is 0 Å². The van der Waals surface area contributed by atoms with E-state index in [4.69, 9.17) is 15.3 Å². The van der Waals surface area contributed by atoms with Crippen LogP contribution in [0.3, 0.4) is 0 Å². The number of benzene rings is 2. The number of nitrogens with one attached hydrogen (secondary N) is 1. The number of hydrogen-bond donors (Lipinski definition) is 2. The molecular weight excluding hydrogens is 408 g/mol. The Bertz CT molecular complexity index is 1020. The van der Waals surface area contributed by atoms with Gasteiger partial charge in [0.2, 0.25) is 5.91 Å². The minimum atomic E-state index is -0.534. The second kappa shape index (κ2) is 11.0. The Kier molecular flexibility index (Phi) is 7.91. The molecule has 8 nitrogen and oxygen atoms in total. The van der Waals surface area contributed by atoms with Gasteiger partial charge in [-0.3, -0.25) is 19.4 Å². The topological polar surface area (TPSA) is 107 Å². The number of methoxy groups -OCH3 is 1. The summed E-state index contributed by atoms with van der Waals surface area (Å²) < 4.78 is 5.15. The number of ether oxygens (including phenoxy) is 1. The number of aromatic nitrogens is 1. The molecule has 0 radical (unpaired) electrons. The second-order valence-corrected chi connectivity index (χ2v) is 7.08. The van der Waals surface area contributed by atoms with E-state index in [1.807, 2.05) is 24.3 Å². The molecule has 3 aromatic rings. The fourth-order valence-electron chi connectivity index (χ4n) is 3.08. The summed E-state index contributed by atoms with van der Waals surface area (Å²) in [5, 5.41) is 4.07. The van der Waals surface area contributed by atoms with Crippen LogP contribution in [0.2, 0.25) is 0 Å². The molecule has 0 aliphatic carbocycles. The molecule has 0 aliphatic heterocycles. The van der Waals surface area contributed by atoms with Crippen molar-refractivity contribution in [1.82, 2.24) is 10.0 Å². The Labute approximate surface area is 186 Å². The van der Waals surface area contributed by atoms with E-state index in [0.29, 0.717) is 17.8 Å². The van der Waals surface area contributed by atoms with Gasteiger partial charge in [-0.1, -0.05) is 24.3 Å². The predicted molar refractivity (Wildman–Crippen MR) is 121 cm³/mol. The minimum absolute atomic E-state index is 0.0621. The maximum atomic E-state index is 12.7. The molecule has 2 aromatic carbocycles. The van der Waals surface area contributed by atoms with Crippen LogP contribution < -0.4 is 15.8 Å². The summed E-state index contributed by atoms with van der Waals surface area (Å²) in [6.45, 7) is 0.292. The summed E-state index contributed by atoms with van der Waals surface area (Å²) in [7, 11) is 3.05. The van der Waals surface area contributed by atoms with Crippen molar-refractivity contribution in [3.8, 4) is 5.75 Å². The third-order valence-corrected chi connectivity index (χ3v) is 4.92. The maximum absolute atomic E-state index is 12.7. The normalized spacial score (nSPS) is 11.5. The zero-order valence-corrected chi connectivity index (χ0v) is 18.0. The average molecular weight is 434 g/mol. The van der Waals surface area contributed by atoms with Crippen molar-refractivity contribution in [3.63, 3.8) is 0 Å². The number of pyridine rings is 1. The standard InChI is InChI=1S/C24H26N4O4/c1-31-21-9-3-17(4-10-21)16-28(32-2)23(29)15-22(25)18-5-7-19(8-6-18)24(30)27-20-11-13-26-14-12-20/h3-14,22H,15-16,25H2,1-2H3,(H,26,27,30). The molecular formula is C24H26N4O4. The Hall–Kier alpha value is -3.75. The van der Waals surface area contributed by atoms with Gasteiger partial charge in [-0.2, -0.15) is 0 Å². The summed E-state index contributed by atoms with van der Waals surface area (Å²) in [5.74, 6) is 0.261. The van der Waals surface area contributed by atoms with E-state index in [9.17, 15) is 9.59 Å². The van der Waals surface area contributed by atoms with Crippen molar-refractivity contribution in [2.45, 2.75) is 19.0 Å². The summed E-state index contributed by atoms with van der Waals surface area (Å²) in [4.78, 5) is 34.2. The highest BCUT2D eigenvalue weighted by Gasteiger charge is 2.19. The van der Waals surface area contributed by atoms with Crippen LogP contribution in [-0.2, 0) is 16.2 Å². The number of amides is 2. The molecule has 1 heterocycles. The number of carbonyl (C=O) groups is 2. The summed E-state index contributed by atoms with van der Waals surface area (Å²) in [6.07, 6.45) is 3.27. The fraction of sp³-hybridized carbons (Fsp3) is 0.208. The fourth-order valence-corrected chi connectivity index (χ4v) is 3.08. The van der Waals surface area contributed by atoms with E-state index < -0.39 is 6.04 Å². The molecule has 0 bridgehead atoms. The molecule has 0 saturated heterocycles. The van der Waals surface area contributed by atoms with Gasteiger partial charge >= 0.3 is 0 Å². The molecule has 166 valence electrons. The number of nitrogens with zero attached hydrogens (tertiary/aromatic N) is 2. The molecule has 1 atom stereocenters. The van der Waals surface area contributed by atoms with Gasteiger partial charge in [-0.05, 0) is 47.5 Å². The van der Waals surface area contributed by atoms with Crippen LogP contribution in [-0.4, -0.2) is 36.1 Å². The third-order valence-electron chi connectivity index (χ3n) is 4.92. The molecule has 0 spiro atoms. The highest BCUT2D eigenvalue weighted by molar-refractivity contribution is 6.04. The first-order valence-electron chi connectivity index (χ1n) is 10.0. The molecule has 1 aromatic heterocycles. The minimum Gasteiger partial charge on any atom is -0.497 e. The van der Waals surface area contributed by atoms with Crippen LogP contribution >= 0.6 is 0 Å². The predicted octanol–water partition coefficient (Wildman–Crippen LogP) is 3.32. The van der Waals surface area contributed by atoms with Gasteiger partial charge < -0.3 is 15.8 Å². The van der Waals surface area contributed by atoms with Crippen LogP contribution in [0.15, 0.2) is 73.1 Å². The van der Waals surface area contributed by atoms with Gasteiger partial charge in [0.25, 0.3) is 5.91 Å². The number of hydrogen-bond acceptors (Lipinski definition) is 6. The Morgan fingerprint density at radius 2 is 1.66 bits per heavy atom. The van der Waals surface area contributed by atoms with Gasteiger partial charge in [-0.15, -0.1) is 0 Å². The number of rotatable bonds is 9. The lowest BCUT2D eigenvalue weighted by atomic mass is 10.0.